The third-order valence-electron chi connectivity index (χ3n) is 4.36. The van der Waals surface area contributed by atoms with Gasteiger partial charge in [-0.05, 0) is 19.9 Å². The number of imidazole rings is 1. The summed E-state index contributed by atoms with van der Waals surface area (Å²) in [7, 11) is 1.95. The number of amides is 1. The fourth-order valence-electron chi connectivity index (χ4n) is 3.14. The zero-order chi connectivity index (χ0) is 17.8. The second-order valence-electron chi connectivity index (χ2n) is 6.28. The van der Waals surface area contributed by atoms with Crippen LogP contribution in [0.5, 0.6) is 0 Å². The first-order valence-corrected chi connectivity index (χ1v) is 8.28. The van der Waals surface area contributed by atoms with Gasteiger partial charge in [-0.15, -0.1) is 5.92 Å². The number of likely N-dealkylation sites (tertiary alicyclic amines) is 1. The molecule has 3 heterocycles. The average Bonchev–Trinajstić information content (AvgIpc) is 3.21. The Morgan fingerprint density at radius 3 is 2.96 bits per heavy atom. The molecule has 1 fully saturated rings. The number of aryl methyl sites for hydroxylation is 2. The van der Waals surface area contributed by atoms with E-state index in [9.17, 15) is 4.79 Å². The first kappa shape index (κ1) is 17.1. The summed E-state index contributed by atoms with van der Waals surface area (Å²) in [5.74, 6) is 6.03. The molecule has 130 valence electrons. The second-order valence-corrected chi connectivity index (χ2v) is 6.28. The maximum atomic E-state index is 12.8. The zero-order valence-electron chi connectivity index (χ0n) is 14.7. The van der Waals surface area contributed by atoms with Crippen LogP contribution in [0.2, 0.25) is 0 Å². The quantitative estimate of drug-likeness (QED) is 0.832. The molecule has 1 amide bonds. The van der Waals surface area contributed by atoms with Gasteiger partial charge in [0.15, 0.2) is 0 Å². The fraction of sp³-hybridized carbons (Fsp3) is 0.444. The van der Waals surface area contributed by atoms with E-state index in [-0.39, 0.29) is 17.9 Å². The van der Waals surface area contributed by atoms with E-state index in [2.05, 4.69) is 32.3 Å². The monoisotopic (exact) mass is 338 g/mol. The molecule has 25 heavy (non-hydrogen) atoms. The van der Waals surface area contributed by atoms with Crippen molar-refractivity contribution in [1.82, 2.24) is 30.0 Å². The van der Waals surface area contributed by atoms with E-state index in [1.54, 1.807) is 12.4 Å². The van der Waals surface area contributed by atoms with E-state index < -0.39 is 0 Å². The van der Waals surface area contributed by atoms with Crippen LogP contribution in [-0.4, -0.2) is 56.2 Å². The molecule has 1 aliphatic heterocycles. The van der Waals surface area contributed by atoms with E-state index in [0.29, 0.717) is 25.2 Å². The Bertz CT molecular complexity index is 818. The van der Waals surface area contributed by atoms with Crippen molar-refractivity contribution in [3.63, 3.8) is 0 Å². The molecule has 0 saturated carbocycles. The molecule has 0 unspecified atom stereocenters. The standard InChI is InChI=1S/C18H22N6O/c1-4-5-6-19-17-11-24(9-15(17)16-10-23(3)12-20-16)18(25)14-7-13(2)22-21-8-14/h7-8,10,12,15,17,19H,6,9,11H2,1-3H3/t15-,17+/m0/s1. The third kappa shape index (κ3) is 3.86. The molecule has 1 saturated heterocycles. The molecule has 0 bridgehead atoms. The normalized spacial score (nSPS) is 19.6. The number of rotatable bonds is 4. The highest BCUT2D eigenvalue weighted by Gasteiger charge is 2.37. The molecule has 7 nitrogen and oxygen atoms in total. The summed E-state index contributed by atoms with van der Waals surface area (Å²) in [5.41, 5.74) is 2.30. The predicted octanol–water partition coefficient (Wildman–Crippen LogP) is 0.740. The number of carbonyl (C=O) groups excluding carboxylic acids is 1. The Balaban J connectivity index is 1.79. The predicted molar refractivity (Wildman–Crippen MR) is 93.9 cm³/mol. The van der Waals surface area contributed by atoms with E-state index in [1.165, 1.54) is 6.20 Å². The first-order valence-electron chi connectivity index (χ1n) is 8.28. The van der Waals surface area contributed by atoms with E-state index in [0.717, 1.165) is 11.4 Å². The summed E-state index contributed by atoms with van der Waals surface area (Å²) in [5, 5.41) is 11.3. The lowest BCUT2D eigenvalue weighted by atomic mass is 10.0. The van der Waals surface area contributed by atoms with Gasteiger partial charge >= 0.3 is 0 Å². The highest BCUT2D eigenvalue weighted by molar-refractivity contribution is 5.94. The van der Waals surface area contributed by atoms with Crippen LogP contribution in [0.4, 0.5) is 0 Å². The molecule has 1 N–H and O–H groups in total. The highest BCUT2D eigenvalue weighted by atomic mass is 16.2. The summed E-state index contributed by atoms with van der Waals surface area (Å²) in [6.07, 6.45) is 5.32. The minimum Gasteiger partial charge on any atom is -0.340 e. The summed E-state index contributed by atoms with van der Waals surface area (Å²) in [6.45, 7) is 5.49. The Morgan fingerprint density at radius 1 is 1.44 bits per heavy atom. The average molecular weight is 338 g/mol. The van der Waals surface area contributed by atoms with Crippen LogP contribution < -0.4 is 5.32 Å². The van der Waals surface area contributed by atoms with Gasteiger partial charge in [0.05, 0.1) is 36.0 Å². The summed E-state index contributed by atoms with van der Waals surface area (Å²) < 4.78 is 1.93. The SMILES string of the molecule is CC#CCN[C@@H]1CN(C(=O)c2cnnc(C)c2)C[C@H]1c1cn(C)cn1. The molecule has 2 aromatic heterocycles. The van der Waals surface area contributed by atoms with Crippen LogP contribution in [0.3, 0.4) is 0 Å². The number of hydrogen-bond acceptors (Lipinski definition) is 5. The van der Waals surface area contributed by atoms with Crippen LogP contribution in [0.25, 0.3) is 0 Å². The Kier molecular flexibility index (Phi) is 5.10. The van der Waals surface area contributed by atoms with Crippen molar-refractivity contribution in [3.8, 4) is 11.8 Å². The van der Waals surface area contributed by atoms with Crippen LogP contribution in [0, 0.1) is 18.8 Å². The Hall–Kier alpha value is -2.72. The van der Waals surface area contributed by atoms with Crippen molar-refractivity contribution in [2.45, 2.75) is 25.8 Å². The van der Waals surface area contributed by atoms with Crippen LogP contribution in [0.1, 0.15) is 34.6 Å². The van der Waals surface area contributed by atoms with E-state index in [1.807, 2.05) is 36.6 Å². The first-order chi connectivity index (χ1) is 12.1. The molecule has 3 rings (SSSR count). The molecule has 0 spiro atoms. The second kappa shape index (κ2) is 7.45. The third-order valence-corrected chi connectivity index (χ3v) is 4.36. The van der Waals surface area contributed by atoms with Crippen LogP contribution >= 0.6 is 0 Å². The Morgan fingerprint density at radius 2 is 2.28 bits per heavy atom. The maximum Gasteiger partial charge on any atom is 0.255 e. The van der Waals surface area contributed by atoms with Crippen molar-refractivity contribution in [1.29, 1.82) is 0 Å². The molecular weight excluding hydrogens is 316 g/mol. The molecule has 0 aliphatic carbocycles. The summed E-state index contributed by atoms with van der Waals surface area (Å²) in [4.78, 5) is 19.2. The van der Waals surface area contributed by atoms with Gasteiger partial charge in [-0.1, -0.05) is 5.92 Å². The van der Waals surface area contributed by atoms with Crippen molar-refractivity contribution < 1.29 is 4.79 Å². The van der Waals surface area contributed by atoms with Gasteiger partial charge < -0.3 is 14.8 Å². The molecular formula is C18H22N6O. The van der Waals surface area contributed by atoms with Crippen molar-refractivity contribution in [2.75, 3.05) is 19.6 Å². The number of nitrogens with zero attached hydrogens (tertiary/aromatic N) is 5. The van der Waals surface area contributed by atoms with Gasteiger partial charge in [0.1, 0.15) is 0 Å². The number of hydrogen-bond donors (Lipinski definition) is 1. The minimum absolute atomic E-state index is 0.0233. The lowest BCUT2D eigenvalue weighted by Gasteiger charge is -2.16. The molecule has 0 aromatic carbocycles. The number of carbonyl (C=O) groups is 1. The Labute approximate surface area is 147 Å². The van der Waals surface area contributed by atoms with Crippen molar-refractivity contribution in [3.05, 3.63) is 41.7 Å². The van der Waals surface area contributed by atoms with Gasteiger partial charge in [0.2, 0.25) is 0 Å². The molecule has 1 aliphatic rings. The number of aromatic nitrogens is 4. The maximum absolute atomic E-state index is 12.8. The van der Waals surface area contributed by atoms with Gasteiger partial charge in [-0.2, -0.15) is 10.2 Å². The molecule has 2 atom stereocenters. The van der Waals surface area contributed by atoms with Gasteiger partial charge in [0.25, 0.3) is 5.91 Å². The van der Waals surface area contributed by atoms with E-state index >= 15 is 0 Å². The van der Waals surface area contributed by atoms with E-state index in [4.69, 9.17) is 0 Å². The lowest BCUT2D eigenvalue weighted by Crippen LogP contribution is -2.37. The minimum atomic E-state index is -0.0233. The molecule has 7 heteroatoms. The fourth-order valence-corrected chi connectivity index (χ4v) is 3.14. The zero-order valence-corrected chi connectivity index (χ0v) is 14.7. The smallest absolute Gasteiger partial charge is 0.255 e. The van der Waals surface area contributed by atoms with Gasteiger partial charge in [0, 0.05) is 38.3 Å². The largest absolute Gasteiger partial charge is 0.340 e. The highest BCUT2D eigenvalue weighted by Crippen LogP contribution is 2.27. The van der Waals surface area contributed by atoms with Crippen LogP contribution in [-0.2, 0) is 7.05 Å². The topological polar surface area (TPSA) is 75.9 Å². The lowest BCUT2D eigenvalue weighted by molar-refractivity contribution is 0.0787. The van der Waals surface area contributed by atoms with Crippen LogP contribution in [0.15, 0.2) is 24.8 Å². The summed E-state index contributed by atoms with van der Waals surface area (Å²) in [6, 6.07) is 1.89. The molecule has 0 radical (unpaired) electrons. The summed E-state index contributed by atoms with van der Waals surface area (Å²) >= 11 is 0. The van der Waals surface area contributed by atoms with Gasteiger partial charge in [-0.25, -0.2) is 4.98 Å². The molecule has 2 aromatic rings. The van der Waals surface area contributed by atoms with Gasteiger partial charge in [-0.3, -0.25) is 4.79 Å². The van der Waals surface area contributed by atoms with Crippen molar-refractivity contribution >= 4 is 5.91 Å². The van der Waals surface area contributed by atoms with Crippen molar-refractivity contribution in [2.24, 2.45) is 7.05 Å². The number of nitrogens with one attached hydrogen (secondary N) is 1.